The highest BCUT2D eigenvalue weighted by molar-refractivity contribution is 6.35. The molecular weight excluding hydrogens is 178 g/mol. The number of ether oxygens (including phenoxy) is 1. The molecule has 0 aromatic heterocycles. The van der Waals surface area contributed by atoms with Crippen LogP contribution in [0.5, 0.6) is 0 Å². The summed E-state index contributed by atoms with van der Waals surface area (Å²) < 4.78 is 4.99. The van der Waals surface area contributed by atoms with Gasteiger partial charge < -0.3 is 4.74 Å². The van der Waals surface area contributed by atoms with Gasteiger partial charge in [-0.3, -0.25) is 4.99 Å². The Balaban J connectivity index is 2.26. The van der Waals surface area contributed by atoms with Crippen LogP contribution in [0.4, 0.5) is 0 Å². The minimum atomic E-state index is -0.308. The average Bonchev–Trinajstić information content (AvgIpc) is 2.23. The maximum Gasteiger partial charge on any atom is 0.352 e. The molecule has 1 heterocycles. The fourth-order valence-corrected chi connectivity index (χ4v) is 1.43. The summed E-state index contributed by atoms with van der Waals surface area (Å²) in [5.41, 5.74) is 1.53. The van der Waals surface area contributed by atoms with Gasteiger partial charge in [0.1, 0.15) is 18.4 Å². The van der Waals surface area contributed by atoms with Gasteiger partial charge in [-0.2, -0.15) is 0 Å². The first-order valence-corrected chi connectivity index (χ1v) is 4.54. The van der Waals surface area contributed by atoms with Crippen molar-refractivity contribution in [3.8, 4) is 0 Å². The molecule has 2 rings (SSSR count). The van der Waals surface area contributed by atoms with Gasteiger partial charge in [0.05, 0.1) is 0 Å². The van der Waals surface area contributed by atoms with Crippen LogP contribution in [-0.2, 0) is 9.53 Å². The largest absolute Gasteiger partial charge is 0.459 e. The molecule has 1 aliphatic rings. The summed E-state index contributed by atoms with van der Waals surface area (Å²) in [6, 6.07) is 9.80. The molecule has 0 fully saturated rings. The summed E-state index contributed by atoms with van der Waals surface area (Å²) in [5, 5.41) is 0. The number of hydrogen-bond donors (Lipinski definition) is 0. The Morgan fingerprint density at radius 3 is 2.71 bits per heavy atom. The van der Waals surface area contributed by atoms with E-state index in [0.717, 1.165) is 5.56 Å². The van der Waals surface area contributed by atoms with Gasteiger partial charge in [-0.15, -0.1) is 0 Å². The molecule has 3 heteroatoms. The summed E-state index contributed by atoms with van der Waals surface area (Å²) in [4.78, 5) is 15.3. The summed E-state index contributed by atoms with van der Waals surface area (Å²) in [6.07, 6.45) is 0. The second kappa shape index (κ2) is 3.62. The van der Waals surface area contributed by atoms with Crippen LogP contribution in [0, 0.1) is 0 Å². The second-order valence-corrected chi connectivity index (χ2v) is 3.24. The summed E-state index contributed by atoms with van der Waals surface area (Å²) >= 11 is 0. The number of nitrogens with zero attached hydrogens (tertiary/aromatic N) is 1. The molecule has 0 spiro atoms. The molecule has 1 aromatic rings. The number of esters is 1. The van der Waals surface area contributed by atoms with Crippen molar-refractivity contribution in [3.05, 3.63) is 35.9 Å². The first kappa shape index (κ1) is 8.94. The molecule has 0 saturated heterocycles. The predicted octanol–water partition coefficient (Wildman–Crippen LogP) is 1.75. The van der Waals surface area contributed by atoms with Crippen molar-refractivity contribution in [3.63, 3.8) is 0 Å². The first-order valence-electron chi connectivity index (χ1n) is 4.54. The second-order valence-electron chi connectivity index (χ2n) is 3.24. The Bertz CT molecular complexity index is 370. The molecule has 72 valence electrons. The highest BCUT2D eigenvalue weighted by atomic mass is 16.5. The summed E-state index contributed by atoms with van der Waals surface area (Å²) in [5.74, 6) is -0.308. The molecule has 1 atom stereocenters. The first-order chi connectivity index (χ1) is 6.77. The topological polar surface area (TPSA) is 38.7 Å². The Hall–Kier alpha value is -1.64. The van der Waals surface area contributed by atoms with Crippen LogP contribution >= 0.6 is 0 Å². The van der Waals surface area contributed by atoms with Crippen LogP contribution in [0.15, 0.2) is 35.3 Å². The van der Waals surface area contributed by atoms with E-state index in [1.807, 2.05) is 30.3 Å². The number of carbonyl (C=O) groups excluding carboxylic acids is 1. The fourth-order valence-electron chi connectivity index (χ4n) is 1.43. The van der Waals surface area contributed by atoms with Gasteiger partial charge in [0, 0.05) is 0 Å². The fraction of sp³-hybridized carbons (Fsp3) is 0.273. The monoisotopic (exact) mass is 189 g/mol. The van der Waals surface area contributed by atoms with Crippen LogP contribution in [0.3, 0.4) is 0 Å². The number of cyclic esters (lactones) is 1. The zero-order valence-electron chi connectivity index (χ0n) is 7.93. The standard InChI is InChI=1S/C11H11NO2/c1-8-11(13)14-7-10(12-8)9-5-3-2-4-6-9/h2-6,10H,7H2,1H3/t10-/m0/s1. The highest BCUT2D eigenvalue weighted by Gasteiger charge is 2.20. The van der Waals surface area contributed by atoms with Crippen LogP contribution in [0.25, 0.3) is 0 Å². The van der Waals surface area contributed by atoms with E-state index in [9.17, 15) is 4.79 Å². The van der Waals surface area contributed by atoms with Gasteiger partial charge in [0.15, 0.2) is 0 Å². The van der Waals surface area contributed by atoms with E-state index < -0.39 is 0 Å². The lowest BCUT2D eigenvalue weighted by atomic mass is 10.1. The Kier molecular flexibility index (Phi) is 2.31. The lowest BCUT2D eigenvalue weighted by Gasteiger charge is -2.18. The molecule has 0 saturated carbocycles. The third-order valence-corrected chi connectivity index (χ3v) is 2.20. The van der Waals surface area contributed by atoms with E-state index in [2.05, 4.69) is 4.99 Å². The van der Waals surface area contributed by atoms with Crippen molar-refractivity contribution in [2.75, 3.05) is 6.61 Å². The van der Waals surface area contributed by atoms with Crippen molar-refractivity contribution in [1.29, 1.82) is 0 Å². The number of aliphatic imine (C=N–C) groups is 1. The van der Waals surface area contributed by atoms with Gasteiger partial charge in [0.25, 0.3) is 0 Å². The Morgan fingerprint density at radius 1 is 1.36 bits per heavy atom. The van der Waals surface area contributed by atoms with Crippen LogP contribution in [-0.4, -0.2) is 18.3 Å². The van der Waals surface area contributed by atoms with E-state index in [1.54, 1.807) is 6.92 Å². The molecule has 0 N–H and O–H groups in total. The lowest BCUT2D eigenvalue weighted by Crippen LogP contribution is -2.24. The predicted molar refractivity (Wildman–Crippen MR) is 53.3 cm³/mol. The molecule has 1 aromatic carbocycles. The minimum absolute atomic E-state index is 0.0334. The normalized spacial score (nSPS) is 21.4. The molecule has 0 radical (unpaired) electrons. The number of hydrogen-bond acceptors (Lipinski definition) is 3. The molecular formula is C11H11NO2. The number of benzene rings is 1. The quantitative estimate of drug-likeness (QED) is 0.631. The lowest BCUT2D eigenvalue weighted by molar-refractivity contribution is -0.137. The Labute approximate surface area is 82.4 Å². The van der Waals surface area contributed by atoms with Crippen molar-refractivity contribution < 1.29 is 9.53 Å². The third kappa shape index (κ3) is 1.66. The molecule has 0 amide bonds. The molecule has 0 unspecified atom stereocenters. The third-order valence-electron chi connectivity index (χ3n) is 2.20. The average molecular weight is 189 g/mol. The van der Waals surface area contributed by atoms with E-state index in [-0.39, 0.29) is 12.0 Å². The number of rotatable bonds is 1. The van der Waals surface area contributed by atoms with Crippen LogP contribution < -0.4 is 0 Å². The SMILES string of the molecule is CC1=N[C@H](c2ccccc2)COC1=O. The van der Waals surface area contributed by atoms with Crippen LogP contribution in [0.1, 0.15) is 18.5 Å². The van der Waals surface area contributed by atoms with E-state index in [0.29, 0.717) is 12.3 Å². The van der Waals surface area contributed by atoms with Gasteiger partial charge in [-0.05, 0) is 12.5 Å². The van der Waals surface area contributed by atoms with Gasteiger partial charge in [-0.25, -0.2) is 4.79 Å². The van der Waals surface area contributed by atoms with Gasteiger partial charge >= 0.3 is 5.97 Å². The summed E-state index contributed by atoms with van der Waals surface area (Å²) in [6.45, 7) is 2.03. The maximum atomic E-state index is 11.0. The van der Waals surface area contributed by atoms with E-state index >= 15 is 0 Å². The van der Waals surface area contributed by atoms with Crippen molar-refractivity contribution in [2.24, 2.45) is 4.99 Å². The summed E-state index contributed by atoms with van der Waals surface area (Å²) in [7, 11) is 0. The maximum absolute atomic E-state index is 11.0. The number of carbonyl (C=O) groups is 1. The van der Waals surface area contributed by atoms with Gasteiger partial charge in [0.2, 0.25) is 0 Å². The van der Waals surface area contributed by atoms with Crippen molar-refractivity contribution >= 4 is 11.7 Å². The smallest absolute Gasteiger partial charge is 0.352 e. The van der Waals surface area contributed by atoms with Crippen molar-refractivity contribution in [2.45, 2.75) is 13.0 Å². The Morgan fingerprint density at radius 2 is 2.07 bits per heavy atom. The zero-order valence-corrected chi connectivity index (χ0v) is 7.93. The zero-order chi connectivity index (χ0) is 9.97. The molecule has 1 aliphatic heterocycles. The van der Waals surface area contributed by atoms with Gasteiger partial charge in [-0.1, -0.05) is 30.3 Å². The van der Waals surface area contributed by atoms with E-state index in [1.165, 1.54) is 0 Å². The minimum Gasteiger partial charge on any atom is -0.459 e. The molecule has 3 nitrogen and oxygen atoms in total. The molecule has 14 heavy (non-hydrogen) atoms. The van der Waals surface area contributed by atoms with Crippen LogP contribution in [0.2, 0.25) is 0 Å². The van der Waals surface area contributed by atoms with Crippen molar-refractivity contribution in [1.82, 2.24) is 0 Å². The van der Waals surface area contributed by atoms with E-state index in [4.69, 9.17) is 4.74 Å². The molecule has 0 aliphatic carbocycles. The molecule has 0 bridgehead atoms. The highest BCUT2D eigenvalue weighted by Crippen LogP contribution is 2.20.